The SMILES string of the molecule is CCC1CCC(NCc2ccc(C(=O)O)cn2)C1C. The molecule has 4 nitrogen and oxygen atoms in total. The molecule has 3 atom stereocenters. The molecule has 0 aliphatic heterocycles. The van der Waals surface area contributed by atoms with Crippen LogP contribution in [0.1, 0.15) is 49.2 Å². The number of aromatic nitrogens is 1. The summed E-state index contributed by atoms with van der Waals surface area (Å²) in [5.74, 6) is 0.616. The zero-order chi connectivity index (χ0) is 13.8. The average molecular weight is 262 g/mol. The van der Waals surface area contributed by atoms with Gasteiger partial charge in [-0.05, 0) is 36.8 Å². The minimum atomic E-state index is -0.929. The first kappa shape index (κ1) is 14.0. The molecule has 1 aromatic heterocycles. The number of nitrogens with one attached hydrogen (secondary N) is 1. The smallest absolute Gasteiger partial charge is 0.337 e. The Morgan fingerprint density at radius 3 is 2.79 bits per heavy atom. The van der Waals surface area contributed by atoms with Crippen molar-refractivity contribution in [3.8, 4) is 0 Å². The van der Waals surface area contributed by atoms with Crippen LogP contribution in [0.3, 0.4) is 0 Å². The van der Waals surface area contributed by atoms with Crippen LogP contribution in [0.5, 0.6) is 0 Å². The summed E-state index contributed by atoms with van der Waals surface area (Å²) in [7, 11) is 0. The van der Waals surface area contributed by atoms with Gasteiger partial charge in [0.1, 0.15) is 0 Å². The molecule has 0 aromatic carbocycles. The molecule has 1 aliphatic carbocycles. The number of carboxylic acids is 1. The van der Waals surface area contributed by atoms with Gasteiger partial charge in [0.2, 0.25) is 0 Å². The molecular formula is C15H22N2O2. The fourth-order valence-corrected chi connectivity index (χ4v) is 3.00. The van der Waals surface area contributed by atoms with Crippen molar-refractivity contribution in [2.45, 2.75) is 45.7 Å². The summed E-state index contributed by atoms with van der Waals surface area (Å²) < 4.78 is 0. The number of hydrogen-bond acceptors (Lipinski definition) is 3. The Labute approximate surface area is 114 Å². The highest BCUT2D eigenvalue weighted by molar-refractivity contribution is 5.87. The maximum absolute atomic E-state index is 10.7. The molecule has 0 amide bonds. The molecule has 104 valence electrons. The Morgan fingerprint density at radius 1 is 1.47 bits per heavy atom. The number of pyridine rings is 1. The van der Waals surface area contributed by atoms with E-state index in [2.05, 4.69) is 24.1 Å². The first-order valence-corrected chi connectivity index (χ1v) is 7.03. The van der Waals surface area contributed by atoms with E-state index in [1.807, 2.05) is 0 Å². The van der Waals surface area contributed by atoms with E-state index in [1.165, 1.54) is 25.5 Å². The van der Waals surface area contributed by atoms with E-state index in [0.29, 0.717) is 18.5 Å². The molecule has 1 heterocycles. The number of aromatic carboxylic acids is 1. The van der Waals surface area contributed by atoms with Gasteiger partial charge in [-0.1, -0.05) is 20.3 Å². The van der Waals surface area contributed by atoms with Crippen LogP contribution >= 0.6 is 0 Å². The van der Waals surface area contributed by atoms with Crippen molar-refractivity contribution < 1.29 is 9.90 Å². The minimum Gasteiger partial charge on any atom is -0.478 e. The van der Waals surface area contributed by atoms with E-state index in [4.69, 9.17) is 5.11 Å². The van der Waals surface area contributed by atoms with Crippen molar-refractivity contribution in [3.05, 3.63) is 29.6 Å². The van der Waals surface area contributed by atoms with Crippen LogP contribution in [-0.2, 0) is 6.54 Å². The lowest BCUT2D eigenvalue weighted by Gasteiger charge is -2.20. The van der Waals surface area contributed by atoms with Gasteiger partial charge in [-0.2, -0.15) is 0 Å². The van der Waals surface area contributed by atoms with Crippen LogP contribution < -0.4 is 5.32 Å². The quantitative estimate of drug-likeness (QED) is 0.856. The highest BCUT2D eigenvalue weighted by Gasteiger charge is 2.30. The van der Waals surface area contributed by atoms with E-state index in [9.17, 15) is 4.79 Å². The summed E-state index contributed by atoms with van der Waals surface area (Å²) in [4.78, 5) is 14.9. The van der Waals surface area contributed by atoms with E-state index < -0.39 is 5.97 Å². The van der Waals surface area contributed by atoms with Crippen LogP contribution in [0.15, 0.2) is 18.3 Å². The summed E-state index contributed by atoms with van der Waals surface area (Å²) in [6.07, 6.45) is 5.21. The first-order valence-electron chi connectivity index (χ1n) is 7.03. The molecule has 1 aromatic rings. The fourth-order valence-electron chi connectivity index (χ4n) is 3.00. The topological polar surface area (TPSA) is 62.2 Å². The number of rotatable bonds is 5. The van der Waals surface area contributed by atoms with E-state index in [-0.39, 0.29) is 5.56 Å². The van der Waals surface area contributed by atoms with Gasteiger partial charge >= 0.3 is 5.97 Å². The molecule has 1 aliphatic rings. The van der Waals surface area contributed by atoms with Crippen molar-refractivity contribution >= 4 is 5.97 Å². The van der Waals surface area contributed by atoms with E-state index >= 15 is 0 Å². The van der Waals surface area contributed by atoms with Gasteiger partial charge in [-0.3, -0.25) is 4.98 Å². The molecule has 2 rings (SSSR count). The largest absolute Gasteiger partial charge is 0.478 e. The van der Waals surface area contributed by atoms with Crippen molar-refractivity contribution in [1.82, 2.24) is 10.3 Å². The summed E-state index contributed by atoms with van der Waals surface area (Å²) in [6, 6.07) is 3.96. The van der Waals surface area contributed by atoms with Crippen molar-refractivity contribution in [1.29, 1.82) is 0 Å². The third kappa shape index (κ3) is 3.32. The molecule has 19 heavy (non-hydrogen) atoms. The normalized spacial score (nSPS) is 26.5. The molecule has 0 bridgehead atoms. The second-order valence-electron chi connectivity index (χ2n) is 5.44. The number of nitrogens with zero attached hydrogens (tertiary/aromatic N) is 1. The zero-order valence-corrected chi connectivity index (χ0v) is 11.6. The maximum atomic E-state index is 10.7. The predicted molar refractivity (Wildman–Crippen MR) is 74.0 cm³/mol. The van der Waals surface area contributed by atoms with E-state index in [0.717, 1.165) is 11.6 Å². The minimum absolute atomic E-state index is 0.240. The van der Waals surface area contributed by atoms with Crippen LogP contribution in [0, 0.1) is 11.8 Å². The molecule has 3 unspecified atom stereocenters. The van der Waals surface area contributed by atoms with Gasteiger partial charge < -0.3 is 10.4 Å². The Balaban J connectivity index is 1.87. The monoisotopic (exact) mass is 262 g/mol. The Hall–Kier alpha value is -1.42. The number of carboxylic acid groups (broad SMARTS) is 1. The zero-order valence-electron chi connectivity index (χ0n) is 11.6. The molecule has 4 heteroatoms. The molecule has 1 fully saturated rings. The fraction of sp³-hybridized carbons (Fsp3) is 0.600. The van der Waals surface area contributed by atoms with Gasteiger partial charge in [-0.15, -0.1) is 0 Å². The number of hydrogen-bond donors (Lipinski definition) is 2. The predicted octanol–water partition coefficient (Wildman–Crippen LogP) is 2.69. The van der Waals surface area contributed by atoms with Crippen LogP contribution in [0.25, 0.3) is 0 Å². The van der Waals surface area contributed by atoms with Gasteiger partial charge in [0.25, 0.3) is 0 Å². The lowest BCUT2D eigenvalue weighted by atomic mass is 9.93. The first-order chi connectivity index (χ1) is 9.11. The van der Waals surface area contributed by atoms with Gasteiger partial charge in [-0.25, -0.2) is 4.79 Å². The van der Waals surface area contributed by atoms with Crippen molar-refractivity contribution in [2.24, 2.45) is 11.8 Å². The third-order valence-electron chi connectivity index (χ3n) is 4.37. The van der Waals surface area contributed by atoms with Crippen LogP contribution in [0.4, 0.5) is 0 Å². The number of carbonyl (C=O) groups is 1. The summed E-state index contributed by atoms with van der Waals surface area (Å²) >= 11 is 0. The third-order valence-corrected chi connectivity index (χ3v) is 4.37. The lowest BCUT2D eigenvalue weighted by molar-refractivity contribution is 0.0696. The molecule has 0 spiro atoms. The standard InChI is InChI=1S/C15H22N2O2/c1-3-11-5-7-14(10(11)2)17-9-13-6-4-12(8-16-13)15(18)19/h4,6,8,10-11,14,17H,3,5,7,9H2,1-2H3,(H,18,19). The molecular weight excluding hydrogens is 240 g/mol. The van der Waals surface area contributed by atoms with E-state index in [1.54, 1.807) is 12.1 Å². The summed E-state index contributed by atoms with van der Waals surface area (Å²) in [6.45, 7) is 5.29. The van der Waals surface area contributed by atoms with Gasteiger partial charge in [0.15, 0.2) is 0 Å². The lowest BCUT2D eigenvalue weighted by Crippen LogP contribution is -2.32. The molecule has 2 N–H and O–H groups in total. The average Bonchev–Trinajstić information content (AvgIpc) is 2.77. The second kappa shape index (κ2) is 6.15. The molecule has 1 saturated carbocycles. The van der Waals surface area contributed by atoms with Crippen molar-refractivity contribution in [3.63, 3.8) is 0 Å². The summed E-state index contributed by atoms with van der Waals surface area (Å²) in [5.41, 5.74) is 1.14. The van der Waals surface area contributed by atoms with Crippen LogP contribution in [0.2, 0.25) is 0 Å². The highest BCUT2D eigenvalue weighted by atomic mass is 16.4. The van der Waals surface area contributed by atoms with Gasteiger partial charge in [0, 0.05) is 18.8 Å². The summed E-state index contributed by atoms with van der Waals surface area (Å²) in [5, 5.41) is 12.4. The van der Waals surface area contributed by atoms with Crippen molar-refractivity contribution in [2.75, 3.05) is 0 Å². The van der Waals surface area contributed by atoms with Crippen LogP contribution in [-0.4, -0.2) is 22.1 Å². The Bertz CT molecular complexity index is 430. The molecule has 0 radical (unpaired) electrons. The Kier molecular flexibility index (Phi) is 4.53. The highest BCUT2D eigenvalue weighted by Crippen LogP contribution is 2.33. The second-order valence-corrected chi connectivity index (χ2v) is 5.44. The molecule has 0 saturated heterocycles. The maximum Gasteiger partial charge on any atom is 0.337 e. The van der Waals surface area contributed by atoms with Gasteiger partial charge in [0.05, 0.1) is 11.3 Å². The Morgan fingerprint density at radius 2 is 2.26 bits per heavy atom.